The highest BCUT2D eigenvalue weighted by molar-refractivity contribution is 7.32. The molecule has 2 aliphatic rings. The zero-order valence-electron chi connectivity index (χ0n) is 25.8. The minimum absolute atomic E-state index is 0.0446. The second kappa shape index (κ2) is 10.1. The molecule has 0 amide bonds. The molecule has 0 radical (unpaired) electrons. The molecule has 9 heteroatoms. The van der Waals surface area contributed by atoms with Crippen LogP contribution in [0.3, 0.4) is 0 Å². The van der Waals surface area contributed by atoms with Crippen LogP contribution in [0, 0.1) is 0 Å². The summed E-state index contributed by atoms with van der Waals surface area (Å²) >= 11 is 6.11. The van der Waals surface area contributed by atoms with Crippen LogP contribution in [0.4, 0.5) is 0 Å². The van der Waals surface area contributed by atoms with Gasteiger partial charge >= 0.3 is 0 Å². The molecule has 2 aliphatic carbocycles. The zero-order chi connectivity index (χ0) is 33.0. The molecule has 0 N–H and O–H groups in total. The number of fused-ring (bicyclic) bond motifs is 5. The summed E-state index contributed by atoms with van der Waals surface area (Å²) in [6, 6.07) is 25.1. The predicted octanol–water partition coefficient (Wildman–Crippen LogP) is 9.84. The molecule has 0 atom stereocenters. The number of ketones is 4. The van der Waals surface area contributed by atoms with E-state index in [1.54, 1.807) is 83.3 Å². The highest BCUT2D eigenvalue weighted by Crippen LogP contribution is 2.47. The second-order valence-corrected chi connectivity index (χ2v) is 15.2. The van der Waals surface area contributed by atoms with Crippen molar-refractivity contribution in [3.05, 3.63) is 128 Å². The molecule has 2 aromatic carbocycles. The van der Waals surface area contributed by atoms with Crippen molar-refractivity contribution in [2.24, 2.45) is 7.05 Å². The SMILES string of the molecule is [2H]C(=C1C(=O)c2ccccc2C1=O)c1ccc(-c2cc3c(s2)c2sc(-c4ccc(C([2H])=C5C(=O)c6ccccc6C5=O)s4)cc2n3C)s1. The summed E-state index contributed by atoms with van der Waals surface area (Å²) in [5, 5.41) is 0. The molecule has 5 nitrogen and oxygen atoms in total. The van der Waals surface area contributed by atoms with Crippen LogP contribution in [-0.4, -0.2) is 27.7 Å². The summed E-state index contributed by atoms with van der Waals surface area (Å²) in [7, 11) is 2.03. The summed E-state index contributed by atoms with van der Waals surface area (Å²) in [5.41, 5.74) is 3.42. The number of rotatable bonds is 4. The first-order valence-corrected chi connectivity index (χ1v) is 17.5. The van der Waals surface area contributed by atoms with Crippen LogP contribution in [0.1, 0.15) is 53.9 Å². The first-order valence-electron chi connectivity index (χ1n) is 15.2. The van der Waals surface area contributed by atoms with Crippen LogP contribution in [-0.2, 0) is 7.05 Å². The van der Waals surface area contributed by atoms with Crippen molar-refractivity contribution < 1.29 is 21.9 Å². The molecule has 0 saturated heterocycles. The average molecular weight is 672 g/mol. The summed E-state index contributed by atoms with van der Waals surface area (Å²) in [4.78, 5) is 57.0. The van der Waals surface area contributed by atoms with E-state index in [1.165, 1.54) is 22.7 Å². The van der Waals surface area contributed by atoms with E-state index >= 15 is 0 Å². The van der Waals surface area contributed by atoms with Crippen molar-refractivity contribution in [1.82, 2.24) is 4.57 Å². The Morgan fingerprint density at radius 1 is 0.522 bits per heavy atom. The van der Waals surface area contributed by atoms with Crippen LogP contribution in [0.5, 0.6) is 0 Å². The van der Waals surface area contributed by atoms with Gasteiger partial charge in [-0.05, 0) is 48.5 Å². The third-order valence-electron chi connectivity index (χ3n) is 8.29. The maximum Gasteiger partial charge on any atom is 0.197 e. The lowest BCUT2D eigenvalue weighted by Crippen LogP contribution is -1.99. The molecule has 7 aromatic rings. The number of Topliss-reactive ketones (excluding diaryl/α,β-unsaturated/α-hetero) is 4. The van der Waals surface area contributed by atoms with Crippen LogP contribution in [0.15, 0.2) is 96.1 Å². The van der Waals surface area contributed by atoms with Crippen molar-refractivity contribution in [3.63, 3.8) is 0 Å². The highest BCUT2D eigenvalue weighted by atomic mass is 32.1. The van der Waals surface area contributed by atoms with Crippen LogP contribution in [0.25, 0.3) is 52.0 Å². The fourth-order valence-electron chi connectivity index (χ4n) is 6.01. The van der Waals surface area contributed by atoms with E-state index in [-0.39, 0.29) is 23.3 Å². The Morgan fingerprint density at radius 3 is 1.26 bits per heavy atom. The maximum atomic E-state index is 13.0. The Kier molecular flexibility index (Phi) is 5.58. The number of hydrogen-bond donors (Lipinski definition) is 0. The van der Waals surface area contributed by atoms with Gasteiger partial charge in [-0.3, -0.25) is 19.2 Å². The van der Waals surface area contributed by atoms with Crippen molar-refractivity contribution >= 4 is 101 Å². The number of nitrogens with zero attached hydrogens (tertiary/aromatic N) is 1. The summed E-state index contributed by atoms with van der Waals surface area (Å²) in [5.74, 6) is -1.58. The van der Waals surface area contributed by atoms with Gasteiger partial charge in [0.25, 0.3) is 0 Å². The van der Waals surface area contributed by atoms with E-state index in [0.717, 1.165) is 39.9 Å². The molecule has 0 unspecified atom stereocenters. The third kappa shape index (κ3) is 4.03. The quantitative estimate of drug-likeness (QED) is 0.138. The van der Waals surface area contributed by atoms with E-state index in [1.807, 2.05) is 19.2 Å². The van der Waals surface area contributed by atoms with Gasteiger partial charge in [0, 0.05) is 58.6 Å². The molecule has 220 valence electrons. The maximum absolute atomic E-state index is 13.0. The fraction of sp³-hybridized carbons (Fsp3) is 0.0270. The predicted molar refractivity (Wildman–Crippen MR) is 189 cm³/mol. The van der Waals surface area contributed by atoms with Gasteiger partial charge in [0.1, 0.15) is 0 Å². The smallest absolute Gasteiger partial charge is 0.197 e. The average Bonchev–Trinajstić information content (AvgIpc) is 3.95. The van der Waals surface area contributed by atoms with Gasteiger partial charge in [-0.25, -0.2) is 0 Å². The van der Waals surface area contributed by atoms with E-state index in [0.29, 0.717) is 32.0 Å². The largest absolute Gasteiger partial charge is 0.342 e. The van der Waals surface area contributed by atoms with Gasteiger partial charge in [0.2, 0.25) is 0 Å². The Hall–Kier alpha value is -4.80. The lowest BCUT2D eigenvalue weighted by atomic mass is 10.1. The van der Waals surface area contributed by atoms with Crippen molar-refractivity contribution in [3.8, 4) is 19.5 Å². The van der Waals surface area contributed by atoms with E-state index in [9.17, 15) is 19.2 Å². The number of carbonyl (C=O) groups is 4. The molecule has 9 rings (SSSR count). The van der Waals surface area contributed by atoms with Crippen LogP contribution >= 0.6 is 45.3 Å². The molecule has 0 bridgehead atoms. The van der Waals surface area contributed by atoms with Crippen molar-refractivity contribution in [2.75, 3.05) is 0 Å². The molecular formula is C37H19NO4S4. The number of benzene rings is 2. The molecule has 5 heterocycles. The highest BCUT2D eigenvalue weighted by Gasteiger charge is 2.33. The fourth-order valence-corrected chi connectivity index (χ4v) is 10.5. The third-order valence-corrected chi connectivity index (χ3v) is 13.1. The molecule has 5 aromatic heterocycles. The molecule has 0 saturated carbocycles. The van der Waals surface area contributed by atoms with Crippen LogP contribution < -0.4 is 0 Å². The molecule has 46 heavy (non-hydrogen) atoms. The summed E-state index contributed by atoms with van der Waals surface area (Å²) in [6.45, 7) is 0. The number of allylic oxidation sites excluding steroid dienone is 2. The summed E-state index contributed by atoms with van der Waals surface area (Å²) < 4.78 is 21.9. The number of hydrogen-bond acceptors (Lipinski definition) is 8. The van der Waals surface area contributed by atoms with Gasteiger partial charge in [-0.2, -0.15) is 0 Å². The van der Waals surface area contributed by atoms with Crippen molar-refractivity contribution in [2.45, 2.75) is 0 Å². The first kappa shape index (κ1) is 25.4. The van der Waals surface area contributed by atoms with E-state index < -0.39 is 23.1 Å². The molecular weight excluding hydrogens is 651 g/mol. The Labute approximate surface area is 280 Å². The first-order chi connectivity index (χ1) is 23.2. The van der Waals surface area contributed by atoms with Crippen LogP contribution in [0.2, 0.25) is 0 Å². The number of thiophene rings is 4. The molecule has 0 aliphatic heterocycles. The Morgan fingerprint density at radius 2 is 0.891 bits per heavy atom. The van der Waals surface area contributed by atoms with Gasteiger partial charge in [0.15, 0.2) is 23.1 Å². The lowest BCUT2D eigenvalue weighted by Gasteiger charge is -1.95. The zero-order valence-corrected chi connectivity index (χ0v) is 27.1. The standard InChI is InChI=1S/C37H19NO4S4/c1-38-26-16-30(28-12-10-18(43-28)14-24-32(39)20-6-2-3-7-21(20)33(24)40)45-36(26)37-27(38)17-31(46-37)29-13-11-19(44-29)15-25-34(41)22-8-4-5-9-23(22)35(25)42/h2-17H,1H3/i14D,15D. The second-order valence-electron chi connectivity index (χ2n) is 10.9. The normalized spacial score (nSPS) is 14.9. The van der Waals surface area contributed by atoms with Gasteiger partial charge in [-0.1, -0.05) is 48.5 Å². The monoisotopic (exact) mass is 671 g/mol. The topological polar surface area (TPSA) is 73.2 Å². The number of aromatic nitrogens is 1. The molecule has 0 fully saturated rings. The van der Waals surface area contributed by atoms with Gasteiger partial charge < -0.3 is 4.57 Å². The minimum atomic E-state index is -0.396. The summed E-state index contributed by atoms with van der Waals surface area (Å²) in [6.07, 6.45) is 0. The van der Waals surface area contributed by atoms with Gasteiger partial charge in [0.05, 0.1) is 34.3 Å². The Bertz CT molecular complexity index is 2440. The van der Waals surface area contributed by atoms with E-state index in [4.69, 9.17) is 2.74 Å². The van der Waals surface area contributed by atoms with Gasteiger partial charge in [-0.15, -0.1) is 45.3 Å². The molecule has 0 spiro atoms. The van der Waals surface area contributed by atoms with E-state index in [2.05, 4.69) is 16.7 Å². The Balaban J connectivity index is 1.04. The lowest BCUT2D eigenvalue weighted by molar-refractivity contribution is 0.0975. The van der Waals surface area contributed by atoms with Crippen molar-refractivity contribution in [1.29, 1.82) is 0 Å². The minimum Gasteiger partial charge on any atom is -0.342 e. The number of aryl methyl sites for hydroxylation is 1. The number of carbonyl (C=O) groups excluding carboxylic acids is 4.